The third-order valence-corrected chi connectivity index (χ3v) is 2.20. The minimum atomic E-state index is -0.553. The highest BCUT2D eigenvalue weighted by molar-refractivity contribution is 5.22. The Morgan fingerprint density at radius 1 is 1.08 bits per heavy atom. The van der Waals surface area contributed by atoms with Crippen molar-refractivity contribution < 1.29 is 8.78 Å². The molecule has 0 radical (unpaired) electrons. The molecule has 0 aliphatic carbocycles. The molecule has 0 spiro atoms. The summed E-state index contributed by atoms with van der Waals surface area (Å²) in [7, 11) is 0. The fraction of sp³-hybridized carbons (Fsp3) is 0.400. The minimum Gasteiger partial charge on any atom is -0.327 e. The van der Waals surface area contributed by atoms with E-state index in [4.69, 9.17) is 5.73 Å². The van der Waals surface area contributed by atoms with E-state index in [1.54, 1.807) is 0 Å². The molecular weight excluding hydrogens is 172 g/mol. The van der Waals surface area contributed by atoms with Crippen molar-refractivity contribution in [2.75, 3.05) is 0 Å². The van der Waals surface area contributed by atoms with Crippen LogP contribution >= 0.6 is 0 Å². The Labute approximate surface area is 76.6 Å². The number of hydrogen-bond donors (Lipinski definition) is 1. The van der Waals surface area contributed by atoms with Gasteiger partial charge in [0.25, 0.3) is 0 Å². The van der Waals surface area contributed by atoms with Crippen LogP contribution in [0.1, 0.15) is 25.3 Å². The topological polar surface area (TPSA) is 26.0 Å². The molecule has 0 aliphatic heterocycles. The summed E-state index contributed by atoms with van der Waals surface area (Å²) in [5.74, 6) is -1.14. The quantitative estimate of drug-likeness (QED) is 0.752. The first kappa shape index (κ1) is 10.1. The maximum Gasteiger partial charge on any atom is 0.126 e. The largest absolute Gasteiger partial charge is 0.327 e. The summed E-state index contributed by atoms with van der Waals surface area (Å²) in [4.78, 5) is 0. The molecule has 0 aliphatic rings. The van der Waals surface area contributed by atoms with Gasteiger partial charge in [0.2, 0.25) is 0 Å². The fourth-order valence-corrected chi connectivity index (χ4v) is 1.14. The van der Waals surface area contributed by atoms with Crippen LogP contribution in [0.25, 0.3) is 0 Å². The van der Waals surface area contributed by atoms with E-state index >= 15 is 0 Å². The zero-order valence-corrected chi connectivity index (χ0v) is 7.72. The molecule has 0 heterocycles. The van der Waals surface area contributed by atoms with Crippen molar-refractivity contribution >= 4 is 0 Å². The van der Waals surface area contributed by atoms with Gasteiger partial charge in [0.1, 0.15) is 11.6 Å². The SMILES string of the molecule is CC(N)C(C)c1cc(F)cc(F)c1. The van der Waals surface area contributed by atoms with Crippen LogP contribution in [-0.2, 0) is 0 Å². The minimum absolute atomic E-state index is 0.0369. The Morgan fingerprint density at radius 3 is 1.92 bits per heavy atom. The zero-order valence-electron chi connectivity index (χ0n) is 7.72. The van der Waals surface area contributed by atoms with Crippen LogP contribution in [0.5, 0.6) is 0 Å². The van der Waals surface area contributed by atoms with Crippen LogP contribution in [0.15, 0.2) is 18.2 Å². The summed E-state index contributed by atoms with van der Waals surface area (Å²) in [6.45, 7) is 3.66. The monoisotopic (exact) mass is 185 g/mol. The van der Waals surface area contributed by atoms with Crippen LogP contribution in [0.2, 0.25) is 0 Å². The average molecular weight is 185 g/mol. The molecule has 2 unspecified atom stereocenters. The van der Waals surface area contributed by atoms with Crippen molar-refractivity contribution in [1.82, 2.24) is 0 Å². The van der Waals surface area contributed by atoms with Gasteiger partial charge in [0.15, 0.2) is 0 Å². The summed E-state index contributed by atoms with van der Waals surface area (Å²) >= 11 is 0. The number of hydrogen-bond acceptors (Lipinski definition) is 1. The molecule has 13 heavy (non-hydrogen) atoms. The molecule has 2 atom stereocenters. The van der Waals surface area contributed by atoms with Gasteiger partial charge < -0.3 is 5.73 Å². The van der Waals surface area contributed by atoms with Gasteiger partial charge in [-0.1, -0.05) is 6.92 Å². The van der Waals surface area contributed by atoms with E-state index in [0.29, 0.717) is 5.56 Å². The second-order valence-corrected chi connectivity index (χ2v) is 3.35. The van der Waals surface area contributed by atoms with E-state index in [1.807, 2.05) is 13.8 Å². The van der Waals surface area contributed by atoms with Crippen LogP contribution in [-0.4, -0.2) is 6.04 Å². The first-order valence-electron chi connectivity index (χ1n) is 4.22. The van der Waals surface area contributed by atoms with E-state index in [-0.39, 0.29) is 12.0 Å². The number of halogens is 2. The third-order valence-electron chi connectivity index (χ3n) is 2.20. The maximum atomic E-state index is 12.8. The van der Waals surface area contributed by atoms with E-state index < -0.39 is 11.6 Å². The van der Waals surface area contributed by atoms with Crippen LogP contribution in [0.3, 0.4) is 0 Å². The van der Waals surface area contributed by atoms with Crippen LogP contribution < -0.4 is 5.73 Å². The first-order valence-corrected chi connectivity index (χ1v) is 4.22. The van der Waals surface area contributed by atoms with Gasteiger partial charge in [-0.25, -0.2) is 8.78 Å². The Balaban J connectivity index is 3.01. The van der Waals surface area contributed by atoms with Crippen LogP contribution in [0.4, 0.5) is 8.78 Å². The molecule has 3 heteroatoms. The highest BCUT2D eigenvalue weighted by atomic mass is 19.1. The van der Waals surface area contributed by atoms with Gasteiger partial charge in [-0.15, -0.1) is 0 Å². The molecule has 1 aromatic carbocycles. The second kappa shape index (κ2) is 3.83. The summed E-state index contributed by atoms with van der Waals surface area (Å²) in [5, 5.41) is 0. The lowest BCUT2D eigenvalue weighted by Gasteiger charge is -2.15. The number of nitrogens with two attached hydrogens (primary N) is 1. The van der Waals surface area contributed by atoms with Gasteiger partial charge in [-0.3, -0.25) is 0 Å². The zero-order chi connectivity index (χ0) is 10.0. The predicted octanol–water partition coefficient (Wildman–Crippen LogP) is 2.42. The van der Waals surface area contributed by atoms with Gasteiger partial charge in [0.05, 0.1) is 0 Å². The molecule has 0 saturated carbocycles. The fourth-order valence-electron chi connectivity index (χ4n) is 1.14. The lowest BCUT2D eigenvalue weighted by Crippen LogP contribution is -2.22. The van der Waals surface area contributed by atoms with Crippen molar-refractivity contribution in [2.24, 2.45) is 5.73 Å². The third kappa shape index (κ3) is 2.49. The molecule has 0 fully saturated rings. The normalized spacial score (nSPS) is 15.5. The van der Waals surface area contributed by atoms with Gasteiger partial charge >= 0.3 is 0 Å². The molecule has 0 aromatic heterocycles. The highest BCUT2D eigenvalue weighted by Crippen LogP contribution is 2.19. The Bertz CT molecular complexity index is 277. The van der Waals surface area contributed by atoms with E-state index in [1.165, 1.54) is 12.1 Å². The molecule has 1 aromatic rings. The number of benzene rings is 1. The van der Waals surface area contributed by atoms with Gasteiger partial charge in [-0.2, -0.15) is 0 Å². The van der Waals surface area contributed by atoms with E-state index in [0.717, 1.165) is 6.07 Å². The van der Waals surface area contributed by atoms with Crippen molar-refractivity contribution in [3.8, 4) is 0 Å². The van der Waals surface area contributed by atoms with Crippen molar-refractivity contribution in [3.63, 3.8) is 0 Å². The maximum absolute atomic E-state index is 12.8. The van der Waals surface area contributed by atoms with Crippen molar-refractivity contribution in [1.29, 1.82) is 0 Å². The molecule has 2 N–H and O–H groups in total. The molecule has 0 saturated heterocycles. The molecule has 72 valence electrons. The highest BCUT2D eigenvalue weighted by Gasteiger charge is 2.12. The first-order chi connectivity index (χ1) is 6.00. The second-order valence-electron chi connectivity index (χ2n) is 3.35. The van der Waals surface area contributed by atoms with E-state index in [9.17, 15) is 8.78 Å². The Hall–Kier alpha value is -0.960. The average Bonchev–Trinajstić information content (AvgIpc) is 2.01. The van der Waals surface area contributed by atoms with E-state index in [2.05, 4.69) is 0 Å². The van der Waals surface area contributed by atoms with Gasteiger partial charge in [0, 0.05) is 12.1 Å². The molecule has 1 rings (SSSR count). The molecule has 0 amide bonds. The Kier molecular flexibility index (Phi) is 2.98. The Morgan fingerprint density at radius 2 is 1.54 bits per heavy atom. The van der Waals surface area contributed by atoms with Gasteiger partial charge in [-0.05, 0) is 30.5 Å². The summed E-state index contributed by atoms with van der Waals surface area (Å²) in [6, 6.07) is 3.38. The predicted molar refractivity (Wildman–Crippen MR) is 48.4 cm³/mol. The van der Waals surface area contributed by atoms with Crippen molar-refractivity contribution in [2.45, 2.75) is 25.8 Å². The molecular formula is C10H13F2N. The number of rotatable bonds is 2. The van der Waals surface area contributed by atoms with Crippen LogP contribution in [0, 0.1) is 11.6 Å². The summed E-state index contributed by atoms with van der Waals surface area (Å²) in [5.41, 5.74) is 6.23. The summed E-state index contributed by atoms with van der Waals surface area (Å²) < 4.78 is 25.5. The lowest BCUT2D eigenvalue weighted by atomic mass is 9.95. The standard InChI is InChI=1S/C10H13F2N/c1-6(7(2)13)8-3-9(11)5-10(12)4-8/h3-7H,13H2,1-2H3. The molecule has 0 bridgehead atoms. The smallest absolute Gasteiger partial charge is 0.126 e. The molecule has 1 nitrogen and oxygen atoms in total. The van der Waals surface area contributed by atoms with Crippen molar-refractivity contribution in [3.05, 3.63) is 35.4 Å². The lowest BCUT2D eigenvalue weighted by molar-refractivity contribution is 0.561. The summed E-state index contributed by atoms with van der Waals surface area (Å²) in [6.07, 6.45) is 0.